The molecule has 1 N–H and O–H groups in total. The number of carboxylic acid groups (broad SMARTS) is 1. The first kappa shape index (κ1) is 17.7. The van der Waals surface area contributed by atoms with Crippen molar-refractivity contribution in [1.29, 1.82) is 0 Å². The second-order valence-electron chi connectivity index (χ2n) is 6.62. The third-order valence-corrected chi connectivity index (χ3v) is 5.20. The summed E-state index contributed by atoms with van der Waals surface area (Å²) < 4.78 is 15.5. The molecule has 0 aliphatic heterocycles. The Balaban J connectivity index is 1.73. The second-order valence-corrected chi connectivity index (χ2v) is 7.05. The maximum absolute atomic E-state index is 13.8. The van der Waals surface area contributed by atoms with Crippen LogP contribution in [0.4, 0.5) is 10.3 Å². The molecule has 0 spiro atoms. The monoisotopic (exact) mass is 389 g/mol. The van der Waals surface area contributed by atoms with Gasteiger partial charge in [0.25, 0.3) is 0 Å². The van der Waals surface area contributed by atoms with Gasteiger partial charge in [0, 0.05) is 24.3 Å². The number of rotatable bonds is 4. The zero-order chi connectivity index (χ0) is 19.1. The zero-order valence-corrected chi connectivity index (χ0v) is 15.3. The van der Waals surface area contributed by atoms with Crippen LogP contribution in [0.1, 0.15) is 17.7 Å². The number of pyridine rings is 1. The quantitative estimate of drug-likeness (QED) is 0.691. The molecular formula is C18H17ClFN5O2. The fraction of sp³-hybridized carbons (Fsp3) is 0.333. The molecule has 140 valence electrons. The van der Waals surface area contributed by atoms with E-state index in [-0.39, 0.29) is 12.6 Å². The van der Waals surface area contributed by atoms with E-state index in [2.05, 4.69) is 15.0 Å². The number of carbonyl (C=O) groups is 1. The standard InChI is InChI=1S/C18H17ClFN5O2/c1-24(18-21-7-10(19)8-22-18)11-2-3-13-12(6-11)17-14(4-5-15(20)23-17)25(13)9-16(26)27/h4-5,7-8,11H,2-3,6,9H2,1H3,(H,26,27)/t11-/m0/s1. The van der Waals surface area contributed by atoms with Crippen molar-refractivity contribution in [3.63, 3.8) is 0 Å². The van der Waals surface area contributed by atoms with E-state index in [1.165, 1.54) is 6.07 Å². The maximum atomic E-state index is 13.8. The summed E-state index contributed by atoms with van der Waals surface area (Å²) in [5.74, 6) is -0.955. The van der Waals surface area contributed by atoms with Gasteiger partial charge in [-0.1, -0.05) is 11.6 Å². The number of halogens is 2. The second kappa shape index (κ2) is 6.77. The molecule has 0 aromatic carbocycles. The lowest BCUT2D eigenvalue weighted by atomic mass is 9.91. The van der Waals surface area contributed by atoms with Crippen molar-refractivity contribution in [2.24, 2.45) is 0 Å². The number of aromatic nitrogens is 4. The molecule has 0 bridgehead atoms. The highest BCUT2D eigenvalue weighted by Gasteiger charge is 2.30. The number of hydrogen-bond donors (Lipinski definition) is 1. The van der Waals surface area contributed by atoms with E-state index in [4.69, 9.17) is 11.6 Å². The fourth-order valence-corrected chi connectivity index (χ4v) is 3.85. The molecule has 0 radical (unpaired) electrons. The minimum Gasteiger partial charge on any atom is -0.480 e. The van der Waals surface area contributed by atoms with E-state index in [0.29, 0.717) is 34.8 Å². The van der Waals surface area contributed by atoms with Crippen molar-refractivity contribution < 1.29 is 14.3 Å². The van der Waals surface area contributed by atoms with Crippen molar-refractivity contribution in [2.75, 3.05) is 11.9 Å². The molecule has 27 heavy (non-hydrogen) atoms. The third-order valence-electron chi connectivity index (χ3n) is 5.01. The molecule has 0 saturated carbocycles. The Morgan fingerprint density at radius 1 is 1.41 bits per heavy atom. The van der Waals surface area contributed by atoms with Crippen molar-refractivity contribution in [3.05, 3.63) is 46.8 Å². The fourth-order valence-electron chi connectivity index (χ4n) is 3.75. The minimum atomic E-state index is -0.937. The number of anilines is 1. The summed E-state index contributed by atoms with van der Waals surface area (Å²) in [6.07, 6.45) is 5.17. The van der Waals surface area contributed by atoms with E-state index in [1.807, 2.05) is 11.9 Å². The normalized spacial score (nSPS) is 16.3. The van der Waals surface area contributed by atoms with Gasteiger partial charge in [-0.05, 0) is 31.4 Å². The summed E-state index contributed by atoms with van der Waals surface area (Å²) >= 11 is 5.86. The molecule has 1 atom stereocenters. The van der Waals surface area contributed by atoms with Gasteiger partial charge in [-0.2, -0.15) is 4.39 Å². The lowest BCUT2D eigenvalue weighted by molar-refractivity contribution is -0.137. The van der Waals surface area contributed by atoms with Crippen LogP contribution in [0.15, 0.2) is 24.5 Å². The zero-order valence-electron chi connectivity index (χ0n) is 14.6. The van der Waals surface area contributed by atoms with Crippen LogP contribution >= 0.6 is 11.6 Å². The highest BCUT2D eigenvalue weighted by atomic mass is 35.5. The Bertz CT molecular complexity index is 1020. The van der Waals surface area contributed by atoms with Crippen LogP contribution in [0.2, 0.25) is 5.02 Å². The predicted octanol–water partition coefficient (Wildman–Crippen LogP) is 2.70. The van der Waals surface area contributed by atoms with E-state index in [9.17, 15) is 14.3 Å². The Kier molecular flexibility index (Phi) is 4.43. The van der Waals surface area contributed by atoms with Crippen LogP contribution in [0, 0.1) is 5.95 Å². The third kappa shape index (κ3) is 3.21. The van der Waals surface area contributed by atoms with Gasteiger partial charge in [-0.3, -0.25) is 4.79 Å². The summed E-state index contributed by atoms with van der Waals surface area (Å²) in [7, 11) is 1.91. The largest absolute Gasteiger partial charge is 0.480 e. The average Bonchev–Trinajstić information content (AvgIpc) is 2.94. The molecule has 0 unspecified atom stereocenters. The van der Waals surface area contributed by atoms with Crippen LogP contribution in [0.3, 0.4) is 0 Å². The molecule has 3 aromatic rings. The van der Waals surface area contributed by atoms with Crippen molar-refractivity contribution >= 4 is 34.6 Å². The van der Waals surface area contributed by atoms with Crippen molar-refractivity contribution in [2.45, 2.75) is 31.8 Å². The lowest BCUT2D eigenvalue weighted by Gasteiger charge is -2.31. The molecule has 1 aliphatic carbocycles. The average molecular weight is 390 g/mol. The number of likely N-dealkylation sites (N-methyl/N-ethyl adjacent to an activating group) is 1. The van der Waals surface area contributed by atoms with Crippen LogP contribution in [-0.2, 0) is 24.2 Å². The van der Waals surface area contributed by atoms with Crippen LogP contribution in [0.5, 0.6) is 0 Å². The molecular weight excluding hydrogens is 373 g/mol. The Morgan fingerprint density at radius 3 is 2.85 bits per heavy atom. The SMILES string of the molecule is CN(c1ncc(Cl)cn1)[C@H]1CCc2c(c3nc(F)ccc3n2CC(=O)O)C1. The van der Waals surface area contributed by atoms with Gasteiger partial charge in [-0.15, -0.1) is 0 Å². The first-order valence-corrected chi connectivity index (χ1v) is 8.90. The summed E-state index contributed by atoms with van der Waals surface area (Å²) in [4.78, 5) is 25.8. The Labute approximate surface area is 159 Å². The van der Waals surface area contributed by atoms with E-state index >= 15 is 0 Å². The molecule has 9 heteroatoms. The topological polar surface area (TPSA) is 84.1 Å². The Hall–Kier alpha value is -2.74. The molecule has 0 fully saturated rings. The number of fused-ring (bicyclic) bond motifs is 3. The van der Waals surface area contributed by atoms with Crippen LogP contribution < -0.4 is 4.90 Å². The van der Waals surface area contributed by atoms with Gasteiger partial charge in [0.2, 0.25) is 11.9 Å². The summed E-state index contributed by atoms with van der Waals surface area (Å²) in [6.45, 7) is -0.167. The minimum absolute atomic E-state index is 0.0904. The number of nitrogens with zero attached hydrogens (tertiary/aromatic N) is 5. The summed E-state index contributed by atoms with van der Waals surface area (Å²) in [5, 5.41) is 9.73. The molecule has 1 aliphatic rings. The Morgan fingerprint density at radius 2 is 2.15 bits per heavy atom. The smallest absolute Gasteiger partial charge is 0.323 e. The van der Waals surface area contributed by atoms with Crippen molar-refractivity contribution in [3.8, 4) is 0 Å². The van der Waals surface area contributed by atoms with Crippen molar-refractivity contribution in [1.82, 2.24) is 19.5 Å². The first-order chi connectivity index (χ1) is 12.9. The molecule has 3 heterocycles. The van der Waals surface area contributed by atoms with E-state index in [0.717, 1.165) is 17.7 Å². The van der Waals surface area contributed by atoms with E-state index < -0.39 is 11.9 Å². The number of hydrogen-bond acceptors (Lipinski definition) is 5. The van der Waals surface area contributed by atoms with Gasteiger partial charge >= 0.3 is 5.97 Å². The molecule has 0 saturated heterocycles. The predicted molar refractivity (Wildman–Crippen MR) is 98.6 cm³/mol. The summed E-state index contributed by atoms with van der Waals surface area (Å²) in [6, 6.07) is 2.95. The van der Waals surface area contributed by atoms with Gasteiger partial charge in [0.15, 0.2) is 0 Å². The first-order valence-electron chi connectivity index (χ1n) is 8.52. The van der Waals surface area contributed by atoms with Gasteiger partial charge in [0.1, 0.15) is 6.54 Å². The van der Waals surface area contributed by atoms with Crippen LogP contribution in [0.25, 0.3) is 11.0 Å². The highest BCUT2D eigenvalue weighted by molar-refractivity contribution is 6.30. The molecule has 7 nitrogen and oxygen atoms in total. The van der Waals surface area contributed by atoms with Crippen LogP contribution in [-0.4, -0.2) is 43.7 Å². The summed E-state index contributed by atoms with van der Waals surface area (Å²) in [5.41, 5.74) is 2.98. The molecule has 0 amide bonds. The van der Waals surface area contributed by atoms with Gasteiger partial charge in [-0.25, -0.2) is 15.0 Å². The number of carboxylic acids is 1. The van der Waals surface area contributed by atoms with Gasteiger partial charge in [0.05, 0.1) is 28.4 Å². The number of aliphatic carboxylic acids is 1. The van der Waals surface area contributed by atoms with Gasteiger partial charge < -0.3 is 14.6 Å². The highest BCUT2D eigenvalue weighted by Crippen LogP contribution is 2.33. The molecule has 4 rings (SSSR count). The maximum Gasteiger partial charge on any atom is 0.323 e. The van der Waals surface area contributed by atoms with E-state index in [1.54, 1.807) is 23.0 Å². The lowest BCUT2D eigenvalue weighted by Crippen LogP contribution is -2.37. The molecule has 3 aromatic heterocycles.